The Balaban J connectivity index is 1.97. The highest BCUT2D eigenvalue weighted by atomic mass is 35.5. The fourth-order valence-corrected chi connectivity index (χ4v) is 2.45. The standard InChI is InChI=1S/C14H19ClN2O2/c15-11-12-2-1-3-13(10-12)14(19)17-6-4-16(5-7-17)8-9-18/h1-3,10,18H,4-9,11H2. The zero-order chi connectivity index (χ0) is 13.7. The Kier molecular flexibility index (Phi) is 5.19. The Bertz CT molecular complexity index is 431. The highest BCUT2D eigenvalue weighted by Crippen LogP contribution is 2.12. The van der Waals surface area contributed by atoms with Crippen LogP contribution in [0.2, 0.25) is 0 Å². The fourth-order valence-electron chi connectivity index (χ4n) is 2.29. The summed E-state index contributed by atoms with van der Waals surface area (Å²) in [6.45, 7) is 3.92. The molecular formula is C14H19ClN2O2. The van der Waals surface area contributed by atoms with Crippen molar-refractivity contribution in [3.05, 3.63) is 35.4 Å². The lowest BCUT2D eigenvalue weighted by molar-refractivity contribution is 0.0615. The normalized spacial score (nSPS) is 16.6. The van der Waals surface area contributed by atoms with Gasteiger partial charge in [-0.15, -0.1) is 11.6 Å². The summed E-state index contributed by atoms with van der Waals surface area (Å²) in [7, 11) is 0. The van der Waals surface area contributed by atoms with E-state index in [2.05, 4.69) is 4.90 Å². The maximum atomic E-state index is 12.3. The number of alkyl halides is 1. The van der Waals surface area contributed by atoms with E-state index in [4.69, 9.17) is 16.7 Å². The number of hydrogen-bond acceptors (Lipinski definition) is 3. The molecule has 1 aliphatic rings. The first-order chi connectivity index (χ1) is 9.24. The maximum Gasteiger partial charge on any atom is 0.253 e. The number of nitrogens with zero attached hydrogens (tertiary/aromatic N) is 2. The molecule has 2 rings (SSSR count). The van der Waals surface area contributed by atoms with Gasteiger partial charge in [0.25, 0.3) is 5.91 Å². The van der Waals surface area contributed by atoms with Crippen LogP contribution in [0, 0.1) is 0 Å². The molecule has 5 heteroatoms. The van der Waals surface area contributed by atoms with Crippen molar-refractivity contribution >= 4 is 17.5 Å². The molecule has 1 saturated heterocycles. The first-order valence-electron chi connectivity index (χ1n) is 6.52. The largest absolute Gasteiger partial charge is 0.395 e. The van der Waals surface area contributed by atoms with Crippen LogP contribution in [0.1, 0.15) is 15.9 Å². The van der Waals surface area contributed by atoms with Crippen molar-refractivity contribution in [1.82, 2.24) is 9.80 Å². The van der Waals surface area contributed by atoms with Gasteiger partial charge in [0.2, 0.25) is 0 Å². The molecule has 0 aromatic heterocycles. The number of benzene rings is 1. The zero-order valence-electron chi connectivity index (χ0n) is 10.9. The van der Waals surface area contributed by atoms with Gasteiger partial charge in [0.05, 0.1) is 6.61 Å². The van der Waals surface area contributed by atoms with Crippen LogP contribution < -0.4 is 0 Å². The average Bonchev–Trinajstić information content (AvgIpc) is 2.48. The molecule has 1 amide bonds. The predicted octanol–water partition coefficient (Wildman–Crippen LogP) is 1.18. The molecule has 1 heterocycles. The van der Waals surface area contributed by atoms with Crippen LogP contribution >= 0.6 is 11.6 Å². The minimum absolute atomic E-state index is 0.0654. The summed E-state index contributed by atoms with van der Waals surface area (Å²) in [4.78, 5) is 16.4. The van der Waals surface area contributed by atoms with Crippen molar-refractivity contribution in [1.29, 1.82) is 0 Å². The number of aliphatic hydroxyl groups is 1. The van der Waals surface area contributed by atoms with Gasteiger partial charge < -0.3 is 10.0 Å². The molecule has 1 aromatic rings. The van der Waals surface area contributed by atoms with Crippen LogP contribution in [-0.4, -0.2) is 60.1 Å². The third kappa shape index (κ3) is 3.69. The van der Waals surface area contributed by atoms with Crippen molar-refractivity contribution < 1.29 is 9.90 Å². The summed E-state index contributed by atoms with van der Waals surface area (Å²) in [5.74, 6) is 0.487. The van der Waals surface area contributed by atoms with Crippen molar-refractivity contribution in [2.75, 3.05) is 39.3 Å². The lowest BCUT2D eigenvalue weighted by Crippen LogP contribution is -2.49. The van der Waals surface area contributed by atoms with Gasteiger partial charge in [-0.2, -0.15) is 0 Å². The number of rotatable bonds is 4. The van der Waals surface area contributed by atoms with E-state index in [1.54, 1.807) is 0 Å². The Morgan fingerprint density at radius 3 is 2.63 bits per heavy atom. The van der Waals surface area contributed by atoms with Gasteiger partial charge in [-0.25, -0.2) is 0 Å². The predicted molar refractivity (Wildman–Crippen MR) is 75.4 cm³/mol. The number of amides is 1. The van der Waals surface area contributed by atoms with E-state index < -0.39 is 0 Å². The number of β-amino-alcohol motifs (C(OH)–C–C–N with tert-alkyl or cyclic N) is 1. The van der Waals surface area contributed by atoms with E-state index in [0.717, 1.165) is 18.7 Å². The molecule has 0 radical (unpaired) electrons. The Labute approximate surface area is 118 Å². The van der Waals surface area contributed by atoms with Crippen LogP contribution in [0.15, 0.2) is 24.3 Å². The molecule has 0 aliphatic carbocycles. The molecule has 1 N–H and O–H groups in total. The lowest BCUT2D eigenvalue weighted by atomic mass is 10.1. The van der Waals surface area contributed by atoms with Crippen molar-refractivity contribution in [2.24, 2.45) is 0 Å². The van der Waals surface area contributed by atoms with E-state index >= 15 is 0 Å². The monoisotopic (exact) mass is 282 g/mol. The molecule has 1 aromatic carbocycles. The third-order valence-electron chi connectivity index (χ3n) is 3.40. The molecule has 4 nitrogen and oxygen atoms in total. The van der Waals surface area contributed by atoms with Gasteiger partial charge >= 0.3 is 0 Å². The van der Waals surface area contributed by atoms with Gasteiger partial charge in [0.1, 0.15) is 0 Å². The first kappa shape index (κ1) is 14.3. The van der Waals surface area contributed by atoms with E-state index in [9.17, 15) is 4.79 Å². The second-order valence-electron chi connectivity index (χ2n) is 4.69. The highest BCUT2D eigenvalue weighted by Gasteiger charge is 2.21. The number of hydrogen-bond donors (Lipinski definition) is 1. The smallest absolute Gasteiger partial charge is 0.253 e. The fraction of sp³-hybridized carbons (Fsp3) is 0.500. The summed E-state index contributed by atoms with van der Waals surface area (Å²) >= 11 is 5.79. The van der Waals surface area contributed by atoms with Crippen LogP contribution in [0.5, 0.6) is 0 Å². The summed E-state index contributed by atoms with van der Waals surface area (Å²) in [6, 6.07) is 7.48. The lowest BCUT2D eigenvalue weighted by Gasteiger charge is -2.34. The maximum absolute atomic E-state index is 12.3. The van der Waals surface area contributed by atoms with Crippen LogP contribution in [0.4, 0.5) is 0 Å². The van der Waals surface area contributed by atoms with E-state index in [1.807, 2.05) is 29.2 Å². The average molecular weight is 283 g/mol. The number of carbonyl (C=O) groups excluding carboxylic acids is 1. The molecule has 0 unspecified atom stereocenters. The Morgan fingerprint density at radius 2 is 2.00 bits per heavy atom. The molecule has 0 saturated carbocycles. The molecule has 1 aliphatic heterocycles. The third-order valence-corrected chi connectivity index (χ3v) is 3.71. The molecule has 104 valence electrons. The van der Waals surface area contributed by atoms with E-state index in [-0.39, 0.29) is 12.5 Å². The molecular weight excluding hydrogens is 264 g/mol. The van der Waals surface area contributed by atoms with E-state index in [1.165, 1.54) is 0 Å². The van der Waals surface area contributed by atoms with Gasteiger partial charge in [-0.3, -0.25) is 9.69 Å². The molecule has 0 atom stereocenters. The molecule has 1 fully saturated rings. The van der Waals surface area contributed by atoms with Crippen molar-refractivity contribution in [3.63, 3.8) is 0 Å². The molecule has 19 heavy (non-hydrogen) atoms. The summed E-state index contributed by atoms with van der Waals surface area (Å²) in [6.07, 6.45) is 0. The minimum Gasteiger partial charge on any atom is -0.395 e. The number of halogens is 1. The second kappa shape index (κ2) is 6.89. The first-order valence-corrected chi connectivity index (χ1v) is 7.05. The highest BCUT2D eigenvalue weighted by molar-refractivity contribution is 6.17. The topological polar surface area (TPSA) is 43.8 Å². The number of piperazine rings is 1. The van der Waals surface area contributed by atoms with Crippen LogP contribution in [0.3, 0.4) is 0 Å². The summed E-state index contributed by atoms with van der Waals surface area (Å²) < 4.78 is 0. The summed E-state index contributed by atoms with van der Waals surface area (Å²) in [5, 5.41) is 8.89. The second-order valence-corrected chi connectivity index (χ2v) is 4.96. The molecule has 0 spiro atoms. The van der Waals surface area contributed by atoms with Crippen molar-refractivity contribution in [3.8, 4) is 0 Å². The van der Waals surface area contributed by atoms with E-state index in [0.29, 0.717) is 31.1 Å². The minimum atomic E-state index is 0.0654. The van der Waals surface area contributed by atoms with Gasteiger partial charge in [0.15, 0.2) is 0 Å². The number of aliphatic hydroxyl groups excluding tert-OH is 1. The number of carbonyl (C=O) groups is 1. The van der Waals surface area contributed by atoms with Crippen molar-refractivity contribution in [2.45, 2.75) is 5.88 Å². The summed E-state index contributed by atoms with van der Waals surface area (Å²) in [5.41, 5.74) is 1.67. The quantitative estimate of drug-likeness (QED) is 0.844. The van der Waals surface area contributed by atoms with Gasteiger partial charge in [-0.1, -0.05) is 12.1 Å². The van der Waals surface area contributed by atoms with Gasteiger partial charge in [-0.05, 0) is 17.7 Å². The van der Waals surface area contributed by atoms with Crippen LogP contribution in [-0.2, 0) is 5.88 Å². The zero-order valence-corrected chi connectivity index (χ0v) is 11.6. The van der Waals surface area contributed by atoms with Crippen LogP contribution in [0.25, 0.3) is 0 Å². The van der Waals surface area contributed by atoms with Gasteiger partial charge in [0, 0.05) is 44.2 Å². The SMILES string of the molecule is O=C(c1cccc(CCl)c1)N1CCN(CCO)CC1. The Morgan fingerprint density at radius 1 is 1.26 bits per heavy atom. The molecule has 0 bridgehead atoms. The Hall–Kier alpha value is -1.10.